The summed E-state index contributed by atoms with van der Waals surface area (Å²) < 4.78 is -0.226. The van der Waals surface area contributed by atoms with Gasteiger partial charge in [-0.2, -0.15) is 0 Å². The number of halogens is 2. The molecular weight excluding hydrogens is 403 g/mol. The summed E-state index contributed by atoms with van der Waals surface area (Å²) in [7, 11) is 0. The van der Waals surface area contributed by atoms with Crippen molar-refractivity contribution in [3.63, 3.8) is 0 Å². The van der Waals surface area contributed by atoms with E-state index in [1.807, 2.05) is 12.1 Å². The van der Waals surface area contributed by atoms with Gasteiger partial charge in [0, 0.05) is 5.02 Å². The van der Waals surface area contributed by atoms with E-state index in [9.17, 15) is 0 Å². The van der Waals surface area contributed by atoms with Gasteiger partial charge in [0.25, 0.3) is 0 Å². The Bertz CT molecular complexity index is 717. The van der Waals surface area contributed by atoms with Crippen LogP contribution in [0.25, 0.3) is 0 Å². The van der Waals surface area contributed by atoms with Gasteiger partial charge in [-0.1, -0.05) is 108 Å². The Balaban J connectivity index is 2.22. The summed E-state index contributed by atoms with van der Waals surface area (Å²) >= 11 is 9.14. The molecule has 2 heteroatoms. The highest BCUT2D eigenvalue weighted by atomic mass is 127. The lowest BCUT2D eigenvalue weighted by molar-refractivity contribution is 0.665. The van der Waals surface area contributed by atoms with Gasteiger partial charge in [-0.25, -0.2) is 0 Å². The predicted molar refractivity (Wildman–Crippen MR) is 104 cm³/mol. The highest BCUT2D eigenvalue weighted by molar-refractivity contribution is 14.1. The zero-order chi connectivity index (χ0) is 15.6. The molecule has 0 N–H and O–H groups in total. The molecule has 2 aromatic carbocycles. The van der Waals surface area contributed by atoms with Crippen LogP contribution in [0.2, 0.25) is 5.02 Å². The first-order valence-corrected chi connectivity index (χ1v) is 8.95. The largest absolute Gasteiger partial charge is 0.0946 e. The summed E-state index contributed by atoms with van der Waals surface area (Å²) in [6.07, 6.45) is 7.75. The van der Waals surface area contributed by atoms with E-state index >= 15 is 0 Å². The third kappa shape index (κ3) is 2.89. The fourth-order valence-corrected chi connectivity index (χ4v) is 4.69. The number of benzene rings is 2. The fraction of sp³-hybridized carbons (Fsp3) is 0.200. The lowest BCUT2D eigenvalue weighted by atomic mass is 9.79. The molecular formula is C20H18ClI. The van der Waals surface area contributed by atoms with E-state index in [0.29, 0.717) is 5.92 Å². The number of hydrogen-bond donors (Lipinski definition) is 0. The van der Waals surface area contributed by atoms with Crippen molar-refractivity contribution in [2.45, 2.75) is 16.8 Å². The van der Waals surface area contributed by atoms with Gasteiger partial charge in [0.15, 0.2) is 0 Å². The van der Waals surface area contributed by atoms with Crippen LogP contribution in [0.3, 0.4) is 0 Å². The number of hydrogen-bond acceptors (Lipinski definition) is 0. The first-order valence-electron chi connectivity index (χ1n) is 7.49. The van der Waals surface area contributed by atoms with Crippen LogP contribution in [0, 0.1) is 5.92 Å². The minimum atomic E-state index is -0.226. The van der Waals surface area contributed by atoms with Crippen molar-refractivity contribution in [3.05, 3.63) is 94.5 Å². The van der Waals surface area contributed by atoms with E-state index in [-0.39, 0.29) is 3.42 Å². The second-order valence-corrected chi connectivity index (χ2v) is 7.79. The molecule has 2 unspecified atom stereocenters. The van der Waals surface area contributed by atoms with Crippen LogP contribution < -0.4 is 0 Å². The van der Waals surface area contributed by atoms with Gasteiger partial charge < -0.3 is 0 Å². The fourth-order valence-electron chi connectivity index (χ4n) is 3.02. The summed E-state index contributed by atoms with van der Waals surface area (Å²) in [5, 5.41) is 0.823. The Morgan fingerprint density at radius 1 is 1.05 bits per heavy atom. The van der Waals surface area contributed by atoms with Crippen LogP contribution in [-0.2, 0) is 3.42 Å². The number of rotatable bonds is 3. The lowest BCUT2D eigenvalue weighted by Crippen LogP contribution is -2.25. The van der Waals surface area contributed by atoms with Gasteiger partial charge in [0.2, 0.25) is 0 Å². The van der Waals surface area contributed by atoms with Crippen LogP contribution in [0.15, 0.2) is 78.4 Å². The summed E-state index contributed by atoms with van der Waals surface area (Å²) in [6, 6.07) is 18.8. The topological polar surface area (TPSA) is 0 Å². The van der Waals surface area contributed by atoms with Crippen LogP contribution in [0.1, 0.15) is 24.5 Å². The molecule has 0 aliphatic heterocycles. The summed E-state index contributed by atoms with van der Waals surface area (Å²) in [5.41, 5.74) is 3.84. The molecule has 1 aliphatic rings. The standard InChI is InChI=1S/C20H18ClI/c1-15-8-7-11-17(14-15)20(22,16-9-3-2-4-10-16)18-12-5-6-13-19(18)21/h2-13,15H,14H2,1H3. The zero-order valence-electron chi connectivity index (χ0n) is 12.5. The summed E-state index contributed by atoms with van der Waals surface area (Å²) in [6.45, 7) is 2.26. The predicted octanol–water partition coefficient (Wildman–Crippen LogP) is 6.54. The molecule has 0 aromatic heterocycles. The average molecular weight is 421 g/mol. The molecule has 0 fully saturated rings. The molecule has 0 radical (unpaired) electrons. The Morgan fingerprint density at radius 3 is 2.41 bits per heavy atom. The van der Waals surface area contributed by atoms with Gasteiger partial charge in [0.1, 0.15) is 0 Å². The minimum Gasteiger partial charge on any atom is -0.0840 e. The second-order valence-electron chi connectivity index (χ2n) is 5.76. The first kappa shape index (κ1) is 15.8. The van der Waals surface area contributed by atoms with Gasteiger partial charge in [-0.3, -0.25) is 0 Å². The molecule has 3 rings (SSSR count). The Morgan fingerprint density at radius 2 is 1.73 bits per heavy atom. The maximum Gasteiger partial charge on any atom is 0.0946 e. The number of alkyl halides is 1. The van der Waals surface area contributed by atoms with Crippen LogP contribution in [0.4, 0.5) is 0 Å². The van der Waals surface area contributed by atoms with Crippen molar-refractivity contribution in [2.75, 3.05) is 0 Å². The highest BCUT2D eigenvalue weighted by Gasteiger charge is 2.37. The van der Waals surface area contributed by atoms with E-state index in [1.54, 1.807) is 0 Å². The second kappa shape index (κ2) is 6.59. The van der Waals surface area contributed by atoms with Crippen molar-refractivity contribution >= 4 is 34.2 Å². The lowest BCUT2D eigenvalue weighted by Gasteiger charge is -2.34. The molecule has 2 atom stereocenters. The molecule has 0 spiro atoms. The maximum absolute atomic E-state index is 6.56. The van der Waals surface area contributed by atoms with Crippen molar-refractivity contribution < 1.29 is 0 Å². The molecule has 1 aliphatic carbocycles. The van der Waals surface area contributed by atoms with Crippen molar-refractivity contribution in [1.29, 1.82) is 0 Å². The van der Waals surface area contributed by atoms with Crippen molar-refractivity contribution in [2.24, 2.45) is 5.92 Å². The highest BCUT2D eigenvalue weighted by Crippen LogP contribution is 2.50. The van der Waals surface area contributed by atoms with Crippen LogP contribution in [0.5, 0.6) is 0 Å². The third-order valence-electron chi connectivity index (χ3n) is 4.14. The molecule has 112 valence electrons. The molecule has 0 heterocycles. The molecule has 0 saturated carbocycles. The van der Waals surface area contributed by atoms with Gasteiger partial charge in [-0.15, -0.1) is 0 Å². The van der Waals surface area contributed by atoms with Crippen LogP contribution in [-0.4, -0.2) is 0 Å². The van der Waals surface area contributed by atoms with E-state index < -0.39 is 0 Å². The molecule has 0 saturated heterocycles. The molecule has 0 nitrogen and oxygen atoms in total. The molecule has 0 bridgehead atoms. The van der Waals surface area contributed by atoms with E-state index in [2.05, 4.69) is 90.2 Å². The van der Waals surface area contributed by atoms with E-state index in [0.717, 1.165) is 17.0 Å². The summed E-state index contributed by atoms with van der Waals surface area (Å²) in [5.74, 6) is 0.556. The average Bonchev–Trinajstić information content (AvgIpc) is 2.55. The molecule has 2 aromatic rings. The van der Waals surface area contributed by atoms with Crippen molar-refractivity contribution in [3.8, 4) is 0 Å². The third-order valence-corrected chi connectivity index (χ3v) is 6.36. The summed E-state index contributed by atoms with van der Waals surface area (Å²) in [4.78, 5) is 0. The Kier molecular flexibility index (Phi) is 4.74. The van der Waals surface area contributed by atoms with Gasteiger partial charge >= 0.3 is 0 Å². The Hall–Kier alpha value is -1.06. The van der Waals surface area contributed by atoms with E-state index in [1.165, 1.54) is 11.1 Å². The monoisotopic (exact) mass is 420 g/mol. The normalized spacial score (nSPS) is 20.3. The molecule has 0 amide bonds. The number of allylic oxidation sites excluding steroid dienone is 4. The SMILES string of the molecule is CC1C=CC=C(C(I)(c2ccccc2)c2ccccc2Cl)C1. The van der Waals surface area contributed by atoms with E-state index in [4.69, 9.17) is 11.6 Å². The van der Waals surface area contributed by atoms with Gasteiger partial charge in [0.05, 0.1) is 3.42 Å². The zero-order valence-corrected chi connectivity index (χ0v) is 15.4. The minimum absolute atomic E-state index is 0.226. The molecule has 22 heavy (non-hydrogen) atoms. The Labute approximate surface area is 151 Å². The first-order chi connectivity index (χ1) is 10.6. The van der Waals surface area contributed by atoms with Gasteiger partial charge in [-0.05, 0) is 35.1 Å². The maximum atomic E-state index is 6.56. The van der Waals surface area contributed by atoms with Crippen molar-refractivity contribution in [1.82, 2.24) is 0 Å². The quantitative estimate of drug-likeness (QED) is 0.390. The smallest absolute Gasteiger partial charge is 0.0840 e. The van der Waals surface area contributed by atoms with Crippen LogP contribution >= 0.6 is 34.2 Å².